The smallest absolute Gasteiger partial charge is 0.258 e. The molecule has 2 aromatic carbocycles. The molecule has 6 nitrogen and oxygen atoms in total. The highest BCUT2D eigenvalue weighted by atomic mass is 32.2. The van der Waals surface area contributed by atoms with E-state index in [9.17, 15) is 17.6 Å². The van der Waals surface area contributed by atoms with Crippen LogP contribution in [0.25, 0.3) is 5.69 Å². The van der Waals surface area contributed by atoms with Crippen LogP contribution in [0.3, 0.4) is 0 Å². The van der Waals surface area contributed by atoms with Crippen LogP contribution in [0.15, 0.2) is 60.9 Å². The van der Waals surface area contributed by atoms with Crippen molar-refractivity contribution in [2.75, 3.05) is 5.32 Å². The van der Waals surface area contributed by atoms with Gasteiger partial charge in [0.1, 0.15) is 11.5 Å². The van der Waals surface area contributed by atoms with E-state index in [1.54, 1.807) is 56.3 Å². The second-order valence-corrected chi connectivity index (χ2v) is 9.19. The molecule has 0 saturated carbocycles. The lowest BCUT2D eigenvalue weighted by atomic mass is 10.2. The van der Waals surface area contributed by atoms with E-state index in [2.05, 4.69) is 10.4 Å². The molecule has 1 amide bonds. The van der Waals surface area contributed by atoms with Crippen LogP contribution in [0, 0.1) is 5.82 Å². The predicted molar refractivity (Wildman–Crippen MR) is 106 cm³/mol. The van der Waals surface area contributed by atoms with E-state index in [1.165, 1.54) is 23.1 Å². The summed E-state index contributed by atoms with van der Waals surface area (Å²) in [5, 5.41) is 6.27. The topological polar surface area (TPSA) is 81.1 Å². The number of amides is 1. The highest BCUT2D eigenvalue weighted by Gasteiger charge is 2.17. The Kier molecular flexibility index (Phi) is 5.60. The van der Waals surface area contributed by atoms with Crippen molar-refractivity contribution in [2.24, 2.45) is 0 Å². The molecule has 0 radical (unpaired) electrons. The molecule has 3 rings (SSSR count). The Morgan fingerprint density at radius 2 is 1.93 bits per heavy atom. The summed E-state index contributed by atoms with van der Waals surface area (Å²) in [5.74, 6) is -0.970. The predicted octanol–water partition coefficient (Wildman–Crippen LogP) is 3.59. The van der Waals surface area contributed by atoms with Gasteiger partial charge in [-0.05, 0) is 43.7 Å². The van der Waals surface area contributed by atoms with Crippen LogP contribution in [0.5, 0.6) is 0 Å². The standard InChI is InChI=1S/C20H20FN3O3S/c1-14(2)28(26,27)13-15-6-5-7-17(10-15)23-20(25)16-11-22-24(12-16)19-9-4-3-8-18(19)21/h3-12,14H,13H2,1-2H3,(H,23,25). The van der Waals surface area contributed by atoms with Crippen molar-refractivity contribution in [2.45, 2.75) is 24.9 Å². The average Bonchev–Trinajstić information content (AvgIpc) is 3.12. The minimum Gasteiger partial charge on any atom is -0.322 e. The molecule has 0 aliphatic rings. The minimum absolute atomic E-state index is 0.0976. The number of benzene rings is 2. The van der Waals surface area contributed by atoms with E-state index in [-0.39, 0.29) is 17.0 Å². The Bertz CT molecular complexity index is 1110. The van der Waals surface area contributed by atoms with E-state index >= 15 is 0 Å². The Morgan fingerprint density at radius 1 is 1.18 bits per heavy atom. The number of hydrogen-bond acceptors (Lipinski definition) is 4. The maximum Gasteiger partial charge on any atom is 0.258 e. The fourth-order valence-electron chi connectivity index (χ4n) is 2.55. The third kappa shape index (κ3) is 4.45. The molecule has 0 spiro atoms. The number of nitrogens with one attached hydrogen (secondary N) is 1. The zero-order chi connectivity index (χ0) is 20.3. The van der Waals surface area contributed by atoms with E-state index in [4.69, 9.17) is 0 Å². The largest absolute Gasteiger partial charge is 0.322 e. The zero-order valence-electron chi connectivity index (χ0n) is 15.5. The summed E-state index contributed by atoms with van der Waals surface area (Å²) in [6, 6.07) is 12.8. The lowest BCUT2D eigenvalue weighted by molar-refractivity contribution is 0.102. The summed E-state index contributed by atoms with van der Waals surface area (Å²) in [6.07, 6.45) is 2.77. The quantitative estimate of drug-likeness (QED) is 0.684. The second kappa shape index (κ2) is 7.93. The van der Waals surface area contributed by atoms with Crippen LogP contribution in [0.4, 0.5) is 10.1 Å². The van der Waals surface area contributed by atoms with Crippen molar-refractivity contribution < 1.29 is 17.6 Å². The molecule has 1 aromatic heterocycles. The van der Waals surface area contributed by atoms with E-state index in [0.717, 1.165) is 0 Å². The Balaban J connectivity index is 1.76. The van der Waals surface area contributed by atoms with Crippen molar-refractivity contribution in [3.63, 3.8) is 0 Å². The maximum absolute atomic E-state index is 13.9. The molecule has 0 bridgehead atoms. The maximum atomic E-state index is 13.9. The molecule has 0 atom stereocenters. The molecule has 3 aromatic rings. The third-order valence-corrected chi connectivity index (χ3v) is 6.39. The van der Waals surface area contributed by atoms with Gasteiger partial charge in [-0.3, -0.25) is 4.79 Å². The van der Waals surface area contributed by atoms with Gasteiger partial charge in [-0.1, -0.05) is 24.3 Å². The van der Waals surface area contributed by atoms with Crippen molar-refractivity contribution in [3.05, 3.63) is 77.9 Å². The zero-order valence-corrected chi connectivity index (χ0v) is 16.3. The van der Waals surface area contributed by atoms with Gasteiger partial charge in [0.05, 0.1) is 22.8 Å². The van der Waals surface area contributed by atoms with Gasteiger partial charge in [0.15, 0.2) is 9.84 Å². The number of rotatable bonds is 6. The van der Waals surface area contributed by atoms with Gasteiger partial charge in [-0.2, -0.15) is 5.10 Å². The molecule has 0 saturated heterocycles. The van der Waals surface area contributed by atoms with Gasteiger partial charge in [0.2, 0.25) is 0 Å². The van der Waals surface area contributed by atoms with Crippen molar-refractivity contribution in [1.82, 2.24) is 9.78 Å². The number of anilines is 1. The number of carbonyl (C=O) groups excluding carboxylic acids is 1. The van der Waals surface area contributed by atoms with E-state index in [1.807, 2.05) is 0 Å². The van der Waals surface area contributed by atoms with Crippen LogP contribution in [-0.4, -0.2) is 29.4 Å². The van der Waals surface area contributed by atoms with Crippen LogP contribution in [0.1, 0.15) is 29.8 Å². The first-order valence-corrected chi connectivity index (χ1v) is 10.4. The molecule has 8 heteroatoms. The SMILES string of the molecule is CC(C)S(=O)(=O)Cc1cccc(NC(=O)c2cnn(-c3ccccc3F)c2)c1. The van der Waals surface area contributed by atoms with E-state index in [0.29, 0.717) is 11.3 Å². The first-order valence-electron chi connectivity index (χ1n) is 8.68. The molecular formula is C20H20FN3O3S. The minimum atomic E-state index is -3.24. The number of hydrogen-bond donors (Lipinski definition) is 1. The number of nitrogens with zero attached hydrogens (tertiary/aromatic N) is 2. The molecule has 0 fully saturated rings. The van der Waals surface area contributed by atoms with Gasteiger partial charge >= 0.3 is 0 Å². The van der Waals surface area contributed by atoms with Gasteiger partial charge in [0, 0.05) is 11.9 Å². The van der Waals surface area contributed by atoms with E-state index < -0.39 is 26.8 Å². The number of halogens is 1. The first kappa shape index (κ1) is 19.8. The molecule has 0 aliphatic heterocycles. The fraction of sp³-hybridized carbons (Fsp3) is 0.200. The molecule has 0 unspecified atom stereocenters. The molecule has 146 valence electrons. The summed E-state index contributed by atoms with van der Waals surface area (Å²) in [4.78, 5) is 12.5. The van der Waals surface area contributed by atoms with Gasteiger partial charge in [0.25, 0.3) is 5.91 Å². The van der Waals surface area contributed by atoms with Crippen LogP contribution >= 0.6 is 0 Å². The summed E-state index contributed by atoms with van der Waals surface area (Å²) < 4.78 is 39.3. The number of para-hydroxylation sites is 1. The summed E-state index contributed by atoms with van der Waals surface area (Å²) >= 11 is 0. The van der Waals surface area contributed by atoms with Gasteiger partial charge in [-0.15, -0.1) is 0 Å². The summed E-state index contributed by atoms with van der Waals surface area (Å²) in [6.45, 7) is 3.27. The van der Waals surface area contributed by atoms with Crippen molar-refractivity contribution in [1.29, 1.82) is 0 Å². The number of aromatic nitrogens is 2. The monoisotopic (exact) mass is 401 g/mol. The van der Waals surface area contributed by atoms with Crippen LogP contribution in [0.2, 0.25) is 0 Å². The number of carbonyl (C=O) groups is 1. The highest BCUT2D eigenvalue weighted by Crippen LogP contribution is 2.17. The van der Waals surface area contributed by atoms with Crippen LogP contribution in [-0.2, 0) is 15.6 Å². The Hall–Kier alpha value is -3.00. The fourth-order valence-corrected chi connectivity index (χ4v) is 3.53. The molecular weight excluding hydrogens is 381 g/mol. The van der Waals surface area contributed by atoms with Crippen molar-refractivity contribution in [3.8, 4) is 5.69 Å². The normalized spacial score (nSPS) is 11.6. The summed E-state index contributed by atoms with van der Waals surface area (Å²) in [7, 11) is -3.24. The average molecular weight is 401 g/mol. The molecule has 0 aliphatic carbocycles. The highest BCUT2D eigenvalue weighted by molar-refractivity contribution is 7.91. The van der Waals surface area contributed by atoms with Crippen LogP contribution < -0.4 is 5.32 Å². The number of sulfone groups is 1. The van der Waals surface area contributed by atoms with Crippen molar-refractivity contribution >= 4 is 21.4 Å². The third-order valence-electron chi connectivity index (χ3n) is 4.21. The summed E-state index contributed by atoms with van der Waals surface area (Å²) in [5.41, 5.74) is 1.56. The Morgan fingerprint density at radius 3 is 2.64 bits per heavy atom. The molecule has 1 N–H and O–H groups in total. The lowest BCUT2D eigenvalue weighted by Gasteiger charge is -2.09. The molecule has 28 heavy (non-hydrogen) atoms. The lowest BCUT2D eigenvalue weighted by Crippen LogP contribution is -2.16. The second-order valence-electron chi connectivity index (χ2n) is 6.64. The first-order chi connectivity index (χ1) is 13.3. The van der Waals surface area contributed by atoms with Gasteiger partial charge in [-0.25, -0.2) is 17.5 Å². The Labute approximate surface area is 162 Å². The van der Waals surface area contributed by atoms with Gasteiger partial charge < -0.3 is 5.32 Å². The molecule has 1 heterocycles.